The van der Waals surface area contributed by atoms with Gasteiger partial charge >= 0.3 is 0 Å². The fraction of sp³-hybridized carbons (Fsp3) is 0.833. The van der Waals surface area contributed by atoms with Crippen LogP contribution in [0.2, 0.25) is 0 Å². The molecule has 2 aliphatic rings. The van der Waals surface area contributed by atoms with Crippen LogP contribution in [0.3, 0.4) is 0 Å². The molecule has 16 heavy (non-hydrogen) atoms. The predicted octanol–water partition coefficient (Wildman–Crippen LogP) is 1.06. The fourth-order valence-corrected chi connectivity index (χ4v) is 2.20. The molecule has 1 heterocycles. The summed E-state index contributed by atoms with van der Waals surface area (Å²) in [7, 11) is 0. The molecule has 1 saturated carbocycles. The molecule has 1 saturated heterocycles. The smallest absolute Gasteiger partial charge is 0.225 e. The molecule has 1 atom stereocenters. The van der Waals surface area contributed by atoms with Crippen molar-refractivity contribution in [3.63, 3.8) is 0 Å². The summed E-state index contributed by atoms with van der Waals surface area (Å²) in [6, 6.07) is 0.530. The number of amides is 2. The summed E-state index contributed by atoms with van der Waals surface area (Å²) in [5.74, 6) is 0.306. The number of carbonyl (C=O) groups is 2. The van der Waals surface area contributed by atoms with Crippen molar-refractivity contribution in [2.45, 2.75) is 57.5 Å². The van der Waals surface area contributed by atoms with Gasteiger partial charge in [0.1, 0.15) is 0 Å². The zero-order valence-corrected chi connectivity index (χ0v) is 9.87. The number of likely N-dealkylation sites (tertiary alicyclic amines) is 1. The Morgan fingerprint density at radius 3 is 2.88 bits per heavy atom. The van der Waals surface area contributed by atoms with Crippen LogP contribution in [0.15, 0.2) is 0 Å². The van der Waals surface area contributed by atoms with E-state index in [9.17, 15) is 9.59 Å². The number of rotatable bonds is 5. The van der Waals surface area contributed by atoms with Gasteiger partial charge in [0.2, 0.25) is 11.8 Å². The van der Waals surface area contributed by atoms with Gasteiger partial charge in [-0.1, -0.05) is 13.3 Å². The third-order valence-electron chi connectivity index (χ3n) is 3.27. The van der Waals surface area contributed by atoms with Crippen molar-refractivity contribution in [1.29, 1.82) is 0 Å². The highest BCUT2D eigenvalue weighted by Crippen LogP contribution is 2.30. The zero-order valence-electron chi connectivity index (χ0n) is 9.87. The minimum absolute atomic E-state index is 0.0532. The van der Waals surface area contributed by atoms with Crippen LogP contribution < -0.4 is 5.32 Å². The Bertz CT molecular complexity index is 287. The molecule has 1 aliphatic carbocycles. The Balaban J connectivity index is 1.75. The van der Waals surface area contributed by atoms with Gasteiger partial charge in [0.25, 0.3) is 0 Å². The van der Waals surface area contributed by atoms with Gasteiger partial charge in [-0.3, -0.25) is 9.59 Å². The van der Waals surface area contributed by atoms with Crippen LogP contribution in [-0.2, 0) is 9.59 Å². The molecule has 0 bridgehead atoms. The van der Waals surface area contributed by atoms with E-state index >= 15 is 0 Å². The van der Waals surface area contributed by atoms with Crippen molar-refractivity contribution < 1.29 is 9.59 Å². The number of carbonyl (C=O) groups excluding carboxylic acids is 2. The molecule has 0 radical (unpaired) electrons. The van der Waals surface area contributed by atoms with Gasteiger partial charge in [0, 0.05) is 25.4 Å². The maximum absolute atomic E-state index is 11.6. The SMILES string of the molecule is CCCCC(=O)NC1CC(=O)N(C2CC2)C1. The van der Waals surface area contributed by atoms with Crippen LogP contribution >= 0.6 is 0 Å². The average molecular weight is 224 g/mol. The molecule has 0 spiro atoms. The van der Waals surface area contributed by atoms with Crippen molar-refractivity contribution in [1.82, 2.24) is 10.2 Å². The molecule has 1 unspecified atom stereocenters. The van der Waals surface area contributed by atoms with Crippen LogP contribution in [0, 0.1) is 0 Å². The van der Waals surface area contributed by atoms with E-state index in [1.165, 1.54) is 0 Å². The van der Waals surface area contributed by atoms with Crippen LogP contribution in [0.4, 0.5) is 0 Å². The van der Waals surface area contributed by atoms with E-state index < -0.39 is 0 Å². The second kappa shape index (κ2) is 4.85. The third kappa shape index (κ3) is 2.74. The monoisotopic (exact) mass is 224 g/mol. The van der Waals surface area contributed by atoms with Crippen LogP contribution in [0.5, 0.6) is 0 Å². The normalized spacial score (nSPS) is 24.9. The molecule has 1 N–H and O–H groups in total. The summed E-state index contributed by atoms with van der Waals surface area (Å²) in [4.78, 5) is 25.1. The summed E-state index contributed by atoms with van der Waals surface area (Å²) in [5.41, 5.74) is 0. The largest absolute Gasteiger partial charge is 0.351 e. The predicted molar refractivity (Wildman–Crippen MR) is 60.8 cm³/mol. The number of hydrogen-bond acceptors (Lipinski definition) is 2. The second-order valence-electron chi connectivity index (χ2n) is 4.85. The van der Waals surface area contributed by atoms with E-state index in [2.05, 4.69) is 12.2 Å². The number of hydrogen-bond donors (Lipinski definition) is 1. The molecule has 2 rings (SSSR count). The molecule has 2 amide bonds. The van der Waals surface area contributed by atoms with E-state index in [4.69, 9.17) is 0 Å². The third-order valence-corrected chi connectivity index (χ3v) is 3.27. The van der Waals surface area contributed by atoms with Crippen molar-refractivity contribution in [3.05, 3.63) is 0 Å². The van der Waals surface area contributed by atoms with E-state index in [-0.39, 0.29) is 17.9 Å². The number of unbranched alkanes of at least 4 members (excludes halogenated alkanes) is 1. The zero-order chi connectivity index (χ0) is 11.5. The van der Waals surface area contributed by atoms with Gasteiger partial charge in [-0.05, 0) is 19.3 Å². The van der Waals surface area contributed by atoms with E-state index in [1.54, 1.807) is 0 Å². The summed E-state index contributed by atoms with van der Waals surface area (Å²) in [5, 5.41) is 2.96. The fourth-order valence-electron chi connectivity index (χ4n) is 2.20. The van der Waals surface area contributed by atoms with Crippen LogP contribution in [-0.4, -0.2) is 35.3 Å². The van der Waals surface area contributed by atoms with Crippen LogP contribution in [0.1, 0.15) is 45.4 Å². The van der Waals surface area contributed by atoms with E-state index in [0.717, 1.165) is 32.2 Å². The van der Waals surface area contributed by atoms with Gasteiger partial charge in [-0.15, -0.1) is 0 Å². The highest BCUT2D eigenvalue weighted by atomic mass is 16.2. The molecule has 0 aromatic rings. The van der Waals surface area contributed by atoms with E-state index in [1.807, 2.05) is 4.90 Å². The van der Waals surface area contributed by atoms with Crippen molar-refractivity contribution in [3.8, 4) is 0 Å². The Kier molecular flexibility index (Phi) is 3.46. The highest BCUT2D eigenvalue weighted by Gasteiger charge is 2.39. The Labute approximate surface area is 96.4 Å². The average Bonchev–Trinajstić information content (AvgIpc) is 3.01. The molecule has 0 aromatic carbocycles. The summed E-state index contributed by atoms with van der Waals surface area (Å²) in [6.45, 7) is 2.79. The Morgan fingerprint density at radius 1 is 1.50 bits per heavy atom. The maximum atomic E-state index is 11.6. The molecular formula is C12H20N2O2. The molecule has 90 valence electrons. The lowest BCUT2D eigenvalue weighted by atomic mass is 10.2. The molecule has 4 nitrogen and oxygen atoms in total. The van der Waals surface area contributed by atoms with Gasteiger partial charge < -0.3 is 10.2 Å². The van der Waals surface area contributed by atoms with Crippen molar-refractivity contribution >= 4 is 11.8 Å². The lowest BCUT2D eigenvalue weighted by molar-refractivity contribution is -0.128. The van der Waals surface area contributed by atoms with E-state index in [0.29, 0.717) is 18.9 Å². The van der Waals surface area contributed by atoms with Gasteiger partial charge in [-0.2, -0.15) is 0 Å². The summed E-state index contributed by atoms with van der Waals surface area (Å²) < 4.78 is 0. The molecule has 1 aliphatic heterocycles. The van der Waals surface area contributed by atoms with Gasteiger partial charge in [0.05, 0.1) is 6.04 Å². The standard InChI is InChI=1S/C12H20N2O2/c1-2-3-4-11(15)13-9-7-12(16)14(8-9)10-5-6-10/h9-10H,2-8H2,1H3,(H,13,15). The molecule has 4 heteroatoms. The van der Waals surface area contributed by atoms with Gasteiger partial charge in [0.15, 0.2) is 0 Å². The number of nitrogens with zero attached hydrogens (tertiary/aromatic N) is 1. The number of nitrogens with one attached hydrogen (secondary N) is 1. The minimum Gasteiger partial charge on any atom is -0.351 e. The second-order valence-corrected chi connectivity index (χ2v) is 4.85. The quantitative estimate of drug-likeness (QED) is 0.759. The Morgan fingerprint density at radius 2 is 2.25 bits per heavy atom. The lowest BCUT2D eigenvalue weighted by Gasteiger charge is -2.16. The Hall–Kier alpha value is -1.06. The topological polar surface area (TPSA) is 49.4 Å². The lowest BCUT2D eigenvalue weighted by Crippen LogP contribution is -2.37. The first kappa shape index (κ1) is 11.4. The molecular weight excluding hydrogens is 204 g/mol. The molecule has 2 fully saturated rings. The first-order valence-corrected chi connectivity index (χ1v) is 6.29. The van der Waals surface area contributed by atoms with Gasteiger partial charge in [-0.25, -0.2) is 0 Å². The first-order chi connectivity index (χ1) is 7.70. The van der Waals surface area contributed by atoms with Crippen molar-refractivity contribution in [2.75, 3.05) is 6.54 Å². The van der Waals surface area contributed by atoms with Crippen LogP contribution in [0.25, 0.3) is 0 Å². The minimum atomic E-state index is 0.0532. The van der Waals surface area contributed by atoms with Crippen molar-refractivity contribution in [2.24, 2.45) is 0 Å². The maximum Gasteiger partial charge on any atom is 0.225 e. The summed E-state index contributed by atoms with van der Waals surface area (Å²) in [6.07, 6.45) is 5.33. The highest BCUT2D eigenvalue weighted by molar-refractivity contribution is 5.82. The molecule has 0 aromatic heterocycles. The summed E-state index contributed by atoms with van der Waals surface area (Å²) >= 11 is 0. The first-order valence-electron chi connectivity index (χ1n) is 6.29.